The number of nitrogens with one attached hydrogen (secondary N) is 1. The Labute approximate surface area is 98.5 Å². The van der Waals surface area contributed by atoms with Gasteiger partial charge in [0.15, 0.2) is 10.8 Å². The van der Waals surface area contributed by atoms with E-state index in [1.807, 2.05) is 19.2 Å². The van der Waals surface area contributed by atoms with E-state index in [-0.39, 0.29) is 0 Å². The van der Waals surface area contributed by atoms with Crippen molar-refractivity contribution >= 4 is 11.3 Å². The zero-order chi connectivity index (χ0) is 11.0. The number of thiazole rings is 1. The summed E-state index contributed by atoms with van der Waals surface area (Å²) in [7, 11) is 0. The molecule has 0 amide bonds. The molecule has 16 heavy (non-hydrogen) atoms. The van der Waals surface area contributed by atoms with Gasteiger partial charge in [-0.05, 0) is 31.4 Å². The van der Waals surface area contributed by atoms with E-state index in [0.29, 0.717) is 0 Å². The van der Waals surface area contributed by atoms with Crippen molar-refractivity contribution in [2.24, 2.45) is 0 Å². The normalized spacial score (nSPS) is 15.6. The third kappa shape index (κ3) is 2.03. The first-order valence-corrected chi connectivity index (χ1v) is 6.37. The van der Waals surface area contributed by atoms with Gasteiger partial charge in [-0.1, -0.05) is 0 Å². The Morgan fingerprint density at radius 1 is 1.56 bits per heavy atom. The summed E-state index contributed by atoms with van der Waals surface area (Å²) < 4.78 is 5.43. The van der Waals surface area contributed by atoms with Crippen LogP contribution in [0.15, 0.2) is 22.9 Å². The van der Waals surface area contributed by atoms with Gasteiger partial charge in [0.2, 0.25) is 0 Å². The number of aromatic nitrogens is 1. The average molecular weight is 234 g/mol. The topological polar surface area (TPSA) is 38.1 Å². The van der Waals surface area contributed by atoms with Crippen LogP contribution in [-0.2, 0) is 6.54 Å². The second-order valence-electron chi connectivity index (χ2n) is 4.22. The van der Waals surface area contributed by atoms with Crippen molar-refractivity contribution in [3.8, 4) is 10.8 Å². The summed E-state index contributed by atoms with van der Waals surface area (Å²) in [6, 6.07) is 2.72. The minimum Gasteiger partial charge on any atom is -0.462 e. The van der Waals surface area contributed by atoms with Gasteiger partial charge in [-0.3, -0.25) is 0 Å². The van der Waals surface area contributed by atoms with Crippen LogP contribution in [0.25, 0.3) is 10.8 Å². The molecular weight excluding hydrogens is 220 g/mol. The number of nitrogens with zero attached hydrogens (tertiary/aromatic N) is 1. The van der Waals surface area contributed by atoms with E-state index in [1.165, 1.54) is 17.7 Å². The van der Waals surface area contributed by atoms with E-state index in [0.717, 1.165) is 28.9 Å². The van der Waals surface area contributed by atoms with Gasteiger partial charge in [-0.2, -0.15) is 0 Å². The van der Waals surface area contributed by atoms with Crippen LogP contribution in [0.1, 0.15) is 23.3 Å². The first-order chi connectivity index (χ1) is 7.83. The molecule has 84 valence electrons. The molecule has 2 aromatic heterocycles. The minimum absolute atomic E-state index is 0.746. The molecular formula is C12H14N2OS. The molecule has 0 bridgehead atoms. The fourth-order valence-corrected chi connectivity index (χ4v) is 2.53. The number of hydrogen-bond donors (Lipinski definition) is 1. The smallest absolute Gasteiger partial charge is 0.165 e. The van der Waals surface area contributed by atoms with Gasteiger partial charge in [-0.25, -0.2) is 4.98 Å². The largest absolute Gasteiger partial charge is 0.462 e. The van der Waals surface area contributed by atoms with E-state index in [9.17, 15) is 0 Å². The number of furan rings is 1. The highest BCUT2D eigenvalue weighted by Crippen LogP contribution is 2.29. The Balaban J connectivity index is 1.74. The minimum atomic E-state index is 0.746. The molecule has 1 aliphatic carbocycles. The van der Waals surface area contributed by atoms with Crippen LogP contribution in [0.5, 0.6) is 0 Å². The lowest BCUT2D eigenvalue weighted by Crippen LogP contribution is -2.14. The van der Waals surface area contributed by atoms with Crippen LogP contribution < -0.4 is 5.32 Å². The first kappa shape index (κ1) is 10.1. The molecule has 0 aromatic carbocycles. The van der Waals surface area contributed by atoms with Gasteiger partial charge in [0.1, 0.15) is 0 Å². The number of hydrogen-bond acceptors (Lipinski definition) is 4. The highest BCUT2D eigenvalue weighted by atomic mass is 32.1. The molecule has 2 aromatic rings. The Kier molecular flexibility index (Phi) is 2.53. The van der Waals surface area contributed by atoms with Crippen LogP contribution in [0, 0.1) is 6.92 Å². The molecule has 0 spiro atoms. The van der Waals surface area contributed by atoms with Gasteiger partial charge in [0.25, 0.3) is 0 Å². The molecule has 4 heteroatoms. The molecule has 0 unspecified atom stereocenters. The summed E-state index contributed by atoms with van der Waals surface area (Å²) in [5.41, 5.74) is 1.15. The van der Waals surface area contributed by atoms with Crippen molar-refractivity contribution in [2.45, 2.75) is 32.4 Å². The van der Waals surface area contributed by atoms with Crippen LogP contribution in [-0.4, -0.2) is 11.0 Å². The predicted molar refractivity (Wildman–Crippen MR) is 64.4 cm³/mol. The van der Waals surface area contributed by atoms with E-state index in [2.05, 4.69) is 10.3 Å². The van der Waals surface area contributed by atoms with Crippen LogP contribution >= 0.6 is 11.3 Å². The fraction of sp³-hybridized carbons (Fsp3) is 0.417. The lowest BCUT2D eigenvalue weighted by molar-refractivity contribution is 0.580. The van der Waals surface area contributed by atoms with E-state index in [4.69, 9.17) is 4.42 Å². The molecule has 1 fully saturated rings. The monoisotopic (exact) mass is 234 g/mol. The van der Waals surface area contributed by atoms with Gasteiger partial charge in [-0.15, -0.1) is 11.3 Å². The first-order valence-electron chi connectivity index (χ1n) is 5.55. The SMILES string of the molecule is Cc1ccoc1-c1ncc(CNC2CC2)s1. The van der Waals surface area contributed by atoms with Crippen molar-refractivity contribution in [3.63, 3.8) is 0 Å². The van der Waals surface area contributed by atoms with E-state index >= 15 is 0 Å². The van der Waals surface area contributed by atoms with Crippen molar-refractivity contribution in [3.05, 3.63) is 29.0 Å². The molecule has 1 N–H and O–H groups in total. The molecule has 3 nitrogen and oxygen atoms in total. The van der Waals surface area contributed by atoms with Crippen molar-refractivity contribution in [1.29, 1.82) is 0 Å². The second kappa shape index (κ2) is 4.03. The summed E-state index contributed by atoms with van der Waals surface area (Å²) in [5.74, 6) is 0.905. The van der Waals surface area contributed by atoms with Crippen LogP contribution in [0.4, 0.5) is 0 Å². The maximum atomic E-state index is 5.43. The molecule has 0 radical (unpaired) electrons. The summed E-state index contributed by atoms with van der Waals surface area (Å²) in [5, 5.41) is 4.47. The number of rotatable bonds is 4. The lowest BCUT2D eigenvalue weighted by Gasteiger charge is -1.97. The van der Waals surface area contributed by atoms with Gasteiger partial charge in [0, 0.05) is 23.7 Å². The molecule has 0 saturated heterocycles. The van der Waals surface area contributed by atoms with E-state index < -0.39 is 0 Å². The third-order valence-corrected chi connectivity index (χ3v) is 3.75. The highest BCUT2D eigenvalue weighted by molar-refractivity contribution is 7.14. The standard InChI is InChI=1S/C12H14N2OS/c1-8-4-5-15-11(8)12-14-7-10(16-12)6-13-9-2-3-9/h4-5,7,9,13H,2-3,6H2,1H3. The molecule has 0 atom stereocenters. The summed E-state index contributed by atoms with van der Waals surface area (Å²) in [6.45, 7) is 2.98. The van der Waals surface area contributed by atoms with Gasteiger partial charge >= 0.3 is 0 Å². The summed E-state index contributed by atoms with van der Waals surface area (Å²) >= 11 is 1.71. The predicted octanol–water partition coefficient (Wildman–Crippen LogP) is 2.96. The van der Waals surface area contributed by atoms with Gasteiger partial charge in [0.05, 0.1) is 6.26 Å². The van der Waals surface area contributed by atoms with Crippen molar-refractivity contribution in [2.75, 3.05) is 0 Å². The lowest BCUT2D eigenvalue weighted by atomic mass is 10.3. The van der Waals surface area contributed by atoms with Crippen LogP contribution in [0.3, 0.4) is 0 Å². The third-order valence-electron chi connectivity index (χ3n) is 2.75. The van der Waals surface area contributed by atoms with E-state index in [1.54, 1.807) is 17.6 Å². The zero-order valence-corrected chi connectivity index (χ0v) is 10.0. The Morgan fingerprint density at radius 3 is 3.12 bits per heavy atom. The molecule has 1 saturated carbocycles. The molecule has 0 aliphatic heterocycles. The Morgan fingerprint density at radius 2 is 2.44 bits per heavy atom. The molecule has 2 heterocycles. The molecule has 1 aliphatic rings. The van der Waals surface area contributed by atoms with Crippen molar-refractivity contribution < 1.29 is 4.42 Å². The quantitative estimate of drug-likeness (QED) is 0.883. The number of aryl methyl sites for hydroxylation is 1. The highest BCUT2D eigenvalue weighted by Gasteiger charge is 2.20. The second-order valence-corrected chi connectivity index (χ2v) is 5.33. The fourth-order valence-electron chi connectivity index (χ4n) is 1.62. The summed E-state index contributed by atoms with van der Waals surface area (Å²) in [4.78, 5) is 5.68. The maximum absolute atomic E-state index is 5.43. The Bertz CT molecular complexity index is 485. The summed E-state index contributed by atoms with van der Waals surface area (Å²) in [6.07, 6.45) is 6.30. The average Bonchev–Trinajstić information content (AvgIpc) is 2.82. The Hall–Kier alpha value is -1.13. The maximum Gasteiger partial charge on any atom is 0.165 e. The van der Waals surface area contributed by atoms with Gasteiger partial charge < -0.3 is 9.73 Å². The van der Waals surface area contributed by atoms with Crippen molar-refractivity contribution in [1.82, 2.24) is 10.3 Å². The molecule has 3 rings (SSSR count). The zero-order valence-electron chi connectivity index (χ0n) is 9.19. The van der Waals surface area contributed by atoms with Crippen LogP contribution in [0.2, 0.25) is 0 Å².